The Balaban J connectivity index is 2.34. The first-order valence-corrected chi connectivity index (χ1v) is 4.51. The van der Waals surface area contributed by atoms with Crippen molar-refractivity contribution in [2.75, 3.05) is 13.7 Å². The average Bonchev–Trinajstić information content (AvgIpc) is 2.16. The van der Waals surface area contributed by atoms with Crippen LogP contribution >= 0.6 is 0 Å². The van der Waals surface area contributed by atoms with Crippen LogP contribution in [-0.2, 0) is 4.74 Å². The Kier molecular flexibility index (Phi) is 4.02. The molecule has 0 unspecified atom stereocenters. The molecular formula is C9H17NO. The van der Waals surface area contributed by atoms with Crippen LogP contribution in [0.15, 0.2) is 4.99 Å². The summed E-state index contributed by atoms with van der Waals surface area (Å²) in [5.74, 6) is 0.951. The minimum absolute atomic E-state index is 0.951. The van der Waals surface area contributed by atoms with Crippen molar-refractivity contribution < 1.29 is 4.74 Å². The van der Waals surface area contributed by atoms with Crippen LogP contribution in [-0.4, -0.2) is 19.6 Å². The van der Waals surface area contributed by atoms with Gasteiger partial charge in [-0.3, -0.25) is 4.99 Å². The molecule has 1 aliphatic rings. The smallest absolute Gasteiger partial charge is 0.182 e. The molecule has 1 rings (SSSR count). The first-order valence-electron chi connectivity index (χ1n) is 4.51. The molecule has 0 spiro atoms. The van der Waals surface area contributed by atoms with Crippen LogP contribution in [0.3, 0.4) is 0 Å². The van der Waals surface area contributed by atoms with E-state index in [9.17, 15) is 0 Å². The summed E-state index contributed by atoms with van der Waals surface area (Å²) in [5.41, 5.74) is 0. The van der Waals surface area contributed by atoms with Crippen molar-refractivity contribution in [2.24, 2.45) is 4.99 Å². The number of nitrogens with zero attached hydrogens (tertiary/aromatic N) is 1. The molecule has 0 aromatic heterocycles. The third kappa shape index (κ3) is 3.40. The van der Waals surface area contributed by atoms with Gasteiger partial charge in [-0.05, 0) is 12.8 Å². The first-order chi connectivity index (χ1) is 5.43. The summed E-state index contributed by atoms with van der Waals surface area (Å²) >= 11 is 0. The average molecular weight is 155 g/mol. The number of hydrogen-bond acceptors (Lipinski definition) is 2. The van der Waals surface area contributed by atoms with E-state index in [0.717, 1.165) is 18.9 Å². The normalized spacial score (nSPS) is 21.0. The lowest BCUT2D eigenvalue weighted by Gasteiger charge is -2.01. The lowest BCUT2D eigenvalue weighted by molar-refractivity contribution is 0.386. The molecule has 0 aliphatic carbocycles. The third-order valence-corrected chi connectivity index (χ3v) is 2.07. The second-order valence-electron chi connectivity index (χ2n) is 3.00. The van der Waals surface area contributed by atoms with Crippen molar-refractivity contribution in [2.45, 2.75) is 38.5 Å². The number of ether oxygens (including phenoxy) is 1. The highest BCUT2D eigenvalue weighted by Crippen LogP contribution is 2.09. The van der Waals surface area contributed by atoms with Crippen molar-refractivity contribution in [3.05, 3.63) is 0 Å². The largest absolute Gasteiger partial charge is 0.484 e. The fourth-order valence-corrected chi connectivity index (χ4v) is 1.37. The van der Waals surface area contributed by atoms with Crippen molar-refractivity contribution >= 4 is 5.90 Å². The molecule has 64 valence electrons. The third-order valence-electron chi connectivity index (χ3n) is 2.07. The van der Waals surface area contributed by atoms with Gasteiger partial charge in [-0.2, -0.15) is 0 Å². The lowest BCUT2D eigenvalue weighted by atomic mass is 10.1. The van der Waals surface area contributed by atoms with Gasteiger partial charge in [0.1, 0.15) is 0 Å². The maximum Gasteiger partial charge on any atom is 0.182 e. The summed E-state index contributed by atoms with van der Waals surface area (Å²) in [7, 11) is 1.72. The van der Waals surface area contributed by atoms with Gasteiger partial charge in [0.25, 0.3) is 0 Å². The minimum atomic E-state index is 0.951. The SMILES string of the molecule is COC1=NCCCCCCC1. The predicted molar refractivity (Wildman–Crippen MR) is 47.0 cm³/mol. The van der Waals surface area contributed by atoms with E-state index in [2.05, 4.69) is 4.99 Å². The molecular weight excluding hydrogens is 138 g/mol. The Morgan fingerprint density at radius 2 is 1.82 bits per heavy atom. The van der Waals surface area contributed by atoms with Gasteiger partial charge in [-0.1, -0.05) is 19.3 Å². The zero-order valence-corrected chi connectivity index (χ0v) is 7.31. The molecule has 1 aliphatic heterocycles. The van der Waals surface area contributed by atoms with Gasteiger partial charge in [0.15, 0.2) is 5.90 Å². The van der Waals surface area contributed by atoms with Gasteiger partial charge in [0.05, 0.1) is 7.11 Å². The molecule has 0 saturated heterocycles. The quantitative estimate of drug-likeness (QED) is 0.526. The maximum absolute atomic E-state index is 5.13. The van der Waals surface area contributed by atoms with Gasteiger partial charge in [-0.25, -0.2) is 0 Å². The molecule has 0 radical (unpaired) electrons. The fraction of sp³-hybridized carbons (Fsp3) is 0.889. The molecule has 0 fully saturated rings. The topological polar surface area (TPSA) is 21.6 Å². The van der Waals surface area contributed by atoms with E-state index in [1.807, 2.05) is 0 Å². The Bertz CT molecular complexity index is 132. The van der Waals surface area contributed by atoms with Crippen molar-refractivity contribution in [1.29, 1.82) is 0 Å². The van der Waals surface area contributed by atoms with E-state index in [1.54, 1.807) is 7.11 Å². The molecule has 11 heavy (non-hydrogen) atoms. The van der Waals surface area contributed by atoms with Crippen molar-refractivity contribution in [1.82, 2.24) is 0 Å². The van der Waals surface area contributed by atoms with Crippen LogP contribution in [0.5, 0.6) is 0 Å². The number of rotatable bonds is 0. The Morgan fingerprint density at radius 1 is 1.09 bits per heavy atom. The summed E-state index contributed by atoms with van der Waals surface area (Å²) in [6.07, 6.45) is 7.55. The molecule has 1 heterocycles. The predicted octanol–water partition coefficient (Wildman–Crippen LogP) is 2.39. The summed E-state index contributed by atoms with van der Waals surface area (Å²) < 4.78 is 5.13. The summed E-state index contributed by atoms with van der Waals surface area (Å²) in [6, 6.07) is 0. The standard InChI is InChI=1S/C9H17NO/c1-11-9-7-5-3-2-4-6-8-10-9/h2-8H2,1H3. The Hall–Kier alpha value is -0.530. The van der Waals surface area contributed by atoms with Gasteiger partial charge >= 0.3 is 0 Å². The van der Waals surface area contributed by atoms with Crippen LogP contribution in [0.25, 0.3) is 0 Å². The Labute approximate surface area is 68.7 Å². The molecule has 0 bridgehead atoms. The van der Waals surface area contributed by atoms with Crippen LogP contribution < -0.4 is 0 Å². The molecule has 0 saturated carbocycles. The first kappa shape index (κ1) is 8.57. The van der Waals surface area contributed by atoms with Crippen LogP contribution in [0.1, 0.15) is 38.5 Å². The summed E-state index contributed by atoms with van der Waals surface area (Å²) in [6.45, 7) is 0.961. The minimum Gasteiger partial charge on any atom is -0.484 e. The lowest BCUT2D eigenvalue weighted by Crippen LogP contribution is -2.01. The number of methoxy groups -OCH3 is 1. The van der Waals surface area contributed by atoms with Crippen molar-refractivity contribution in [3.8, 4) is 0 Å². The zero-order chi connectivity index (χ0) is 7.94. The van der Waals surface area contributed by atoms with E-state index >= 15 is 0 Å². The highest BCUT2D eigenvalue weighted by molar-refractivity contribution is 5.75. The molecule has 0 aromatic carbocycles. The van der Waals surface area contributed by atoms with Gasteiger partial charge in [0.2, 0.25) is 0 Å². The van der Waals surface area contributed by atoms with E-state index in [1.165, 1.54) is 32.1 Å². The second-order valence-corrected chi connectivity index (χ2v) is 3.00. The molecule has 0 N–H and O–H groups in total. The van der Waals surface area contributed by atoms with E-state index in [4.69, 9.17) is 4.74 Å². The van der Waals surface area contributed by atoms with Gasteiger partial charge in [-0.15, -0.1) is 0 Å². The molecule has 0 aromatic rings. The number of hydrogen-bond donors (Lipinski definition) is 0. The van der Waals surface area contributed by atoms with E-state index in [0.29, 0.717) is 0 Å². The zero-order valence-electron chi connectivity index (χ0n) is 7.31. The van der Waals surface area contributed by atoms with Crippen LogP contribution in [0.4, 0.5) is 0 Å². The van der Waals surface area contributed by atoms with E-state index in [-0.39, 0.29) is 0 Å². The van der Waals surface area contributed by atoms with E-state index < -0.39 is 0 Å². The summed E-state index contributed by atoms with van der Waals surface area (Å²) in [4.78, 5) is 4.36. The van der Waals surface area contributed by atoms with Crippen LogP contribution in [0, 0.1) is 0 Å². The Morgan fingerprint density at radius 3 is 2.64 bits per heavy atom. The van der Waals surface area contributed by atoms with Crippen LogP contribution in [0.2, 0.25) is 0 Å². The monoisotopic (exact) mass is 155 g/mol. The second kappa shape index (κ2) is 5.16. The fourth-order valence-electron chi connectivity index (χ4n) is 1.37. The molecule has 0 amide bonds. The highest BCUT2D eigenvalue weighted by atomic mass is 16.5. The number of aliphatic imine (C=N–C) groups is 1. The molecule has 0 atom stereocenters. The summed E-state index contributed by atoms with van der Waals surface area (Å²) in [5, 5.41) is 0. The highest BCUT2D eigenvalue weighted by Gasteiger charge is 2.00. The van der Waals surface area contributed by atoms with Gasteiger partial charge < -0.3 is 4.74 Å². The molecule has 2 nitrogen and oxygen atoms in total. The van der Waals surface area contributed by atoms with Crippen molar-refractivity contribution in [3.63, 3.8) is 0 Å². The van der Waals surface area contributed by atoms with Gasteiger partial charge in [0, 0.05) is 13.0 Å². The maximum atomic E-state index is 5.13. The molecule has 2 heteroatoms.